The number of aryl methyl sites for hydroxylation is 2. The second-order valence-corrected chi connectivity index (χ2v) is 6.99. The molecule has 1 heterocycles. The van der Waals surface area contributed by atoms with Crippen LogP contribution in [0, 0.1) is 13.8 Å². The summed E-state index contributed by atoms with van der Waals surface area (Å²) in [5.41, 5.74) is 3.79. The second-order valence-electron chi connectivity index (χ2n) is 6.99. The molecule has 0 atom stereocenters. The van der Waals surface area contributed by atoms with Crippen LogP contribution < -0.4 is 4.74 Å². The quantitative estimate of drug-likeness (QED) is 0.799. The van der Waals surface area contributed by atoms with E-state index in [1.165, 1.54) is 16.7 Å². The number of hydrogen-bond donors (Lipinski definition) is 0. The zero-order chi connectivity index (χ0) is 18.4. The number of carbonyl (C=O) groups excluding carboxylic acids is 1. The molecule has 1 aliphatic rings. The normalized spacial score (nSPS) is 15.1. The molecule has 2 aromatic rings. The highest BCUT2D eigenvalue weighted by Gasteiger charge is 2.20. The molecular weight excluding hydrogens is 324 g/mol. The summed E-state index contributed by atoms with van der Waals surface area (Å²) in [5.74, 6) is 1.03. The summed E-state index contributed by atoms with van der Waals surface area (Å²) in [5, 5.41) is 0. The molecule has 4 heteroatoms. The molecule has 4 nitrogen and oxygen atoms in total. The first-order valence-electron chi connectivity index (χ1n) is 9.36. The fourth-order valence-corrected chi connectivity index (χ4v) is 3.22. The Labute approximate surface area is 156 Å². The van der Waals surface area contributed by atoms with Crippen LogP contribution in [0.3, 0.4) is 0 Å². The maximum atomic E-state index is 12.4. The Bertz CT molecular complexity index is 722. The molecular formula is C22H28N2O2. The van der Waals surface area contributed by atoms with Crippen LogP contribution in [0.1, 0.15) is 23.1 Å². The molecule has 1 fully saturated rings. The predicted octanol–water partition coefficient (Wildman–Crippen LogP) is 3.42. The van der Waals surface area contributed by atoms with Crippen LogP contribution in [0.2, 0.25) is 0 Å². The Hall–Kier alpha value is -2.33. The van der Waals surface area contributed by atoms with E-state index in [9.17, 15) is 4.79 Å². The van der Waals surface area contributed by atoms with Gasteiger partial charge in [-0.3, -0.25) is 9.69 Å². The van der Waals surface area contributed by atoms with Crippen molar-refractivity contribution in [2.45, 2.75) is 26.8 Å². The van der Waals surface area contributed by atoms with Crippen molar-refractivity contribution in [2.75, 3.05) is 32.8 Å². The summed E-state index contributed by atoms with van der Waals surface area (Å²) in [6.07, 6.45) is 0.436. The van der Waals surface area contributed by atoms with Gasteiger partial charge in [-0.2, -0.15) is 0 Å². The maximum Gasteiger partial charge on any atom is 0.226 e. The molecule has 1 aliphatic heterocycles. The predicted molar refractivity (Wildman–Crippen MR) is 104 cm³/mol. The molecule has 0 aliphatic carbocycles. The van der Waals surface area contributed by atoms with E-state index in [-0.39, 0.29) is 5.91 Å². The standard InChI is InChI=1S/C22H28N2O2/c1-18-8-9-21(16-19(18)2)26-15-10-22(25)24-13-11-23(12-14-24)17-20-6-4-3-5-7-20/h3-9,16H,10-15,17H2,1-2H3. The van der Waals surface area contributed by atoms with Crippen LogP contribution in [-0.2, 0) is 11.3 Å². The molecule has 0 N–H and O–H groups in total. The first-order chi connectivity index (χ1) is 12.6. The molecule has 0 aromatic heterocycles. The van der Waals surface area contributed by atoms with Crippen LogP contribution in [0.5, 0.6) is 5.75 Å². The van der Waals surface area contributed by atoms with E-state index in [2.05, 4.69) is 49.1 Å². The van der Waals surface area contributed by atoms with E-state index in [1.807, 2.05) is 23.1 Å². The van der Waals surface area contributed by atoms with Gasteiger partial charge in [0, 0.05) is 32.7 Å². The van der Waals surface area contributed by atoms with E-state index >= 15 is 0 Å². The number of ether oxygens (including phenoxy) is 1. The van der Waals surface area contributed by atoms with E-state index < -0.39 is 0 Å². The van der Waals surface area contributed by atoms with Crippen molar-refractivity contribution in [2.24, 2.45) is 0 Å². The number of benzene rings is 2. The number of carbonyl (C=O) groups is 1. The molecule has 0 spiro atoms. The van der Waals surface area contributed by atoms with Gasteiger partial charge in [0.2, 0.25) is 5.91 Å². The van der Waals surface area contributed by atoms with E-state index in [0.717, 1.165) is 38.5 Å². The van der Waals surface area contributed by atoms with Crippen LogP contribution in [0.15, 0.2) is 48.5 Å². The minimum Gasteiger partial charge on any atom is -0.493 e. The minimum atomic E-state index is 0.188. The zero-order valence-corrected chi connectivity index (χ0v) is 15.8. The fraction of sp³-hybridized carbons (Fsp3) is 0.409. The molecule has 0 unspecified atom stereocenters. The highest BCUT2D eigenvalue weighted by atomic mass is 16.5. The molecule has 3 rings (SSSR count). The third kappa shape index (κ3) is 5.09. The average molecular weight is 352 g/mol. The lowest BCUT2D eigenvalue weighted by atomic mass is 10.1. The number of hydrogen-bond acceptors (Lipinski definition) is 3. The Morgan fingerprint density at radius 2 is 1.69 bits per heavy atom. The Morgan fingerprint density at radius 1 is 0.962 bits per heavy atom. The van der Waals surface area contributed by atoms with E-state index in [4.69, 9.17) is 4.74 Å². The first kappa shape index (κ1) is 18.5. The third-order valence-electron chi connectivity index (χ3n) is 5.04. The van der Waals surface area contributed by atoms with Gasteiger partial charge in [0.15, 0.2) is 0 Å². The monoisotopic (exact) mass is 352 g/mol. The Balaban J connectivity index is 1.38. The van der Waals surface area contributed by atoms with Gasteiger partial charge in [-0.25, -0.2) is 0 Å². The lowest BCUT2D eigenvalue weighted by molar-refractivity contribution is -0.133. The van der Waals surface area contributed by atoms with Crippen molar-refractivity contribution in [1.29, 1.82) is 0 Å². The van der Waals surface area contributed by atoms with Gasteiger partial charge in [-0.05, 0) is 42.7 Å². The third-order valence-corrected chi connectivity index (χ3v) is 5.04. The SMILES string of the molecule is Cc1ccc(OCCC(=O)N2CCN(Cc3ccccc3)CC2)cc1C. The summed E-state index contributed by atoms with van der Waals surface area (Å²) in [6.45, 7) is 9.01. The average Bonchev–Trinajstić information content (AvgIpc) is 2.66. The van der Waals surface area contributed by atoms with Crippen molar-refractivity contribution < 1.29 is 9.53 Å². The van der Waals surface area contributed by atoms with Gasteiger partial charge in [0.25, 0.3) is 0 Å². The van der Waals surface area contributed by atoms with Crippen LogP contribution in [0.4, 0.5) is 0 Å². The largest absolute Gasteiger partial charge is 0.493 e. The van der Waals surface area contributed by atoms with Crippen molar-refractivity contribution in [1.82, 2.24) is 9.80 Å². The molecule has 2 aromatic carbocycles. The molecule has 0 bridgehead atoms. The summed E-state index contributed by atoms with van der Waals surface area (Å²) < 4.78 is 5.75. The van der Waals surface area contributed by atoms with E-state index in [1.54, 1.807) is 0 Å². The van der Waals surface area contributed by atoms with Gasteiger partial charge in [-0.15, -0.1) is 0 Å². The lowest BCUT2D eigenvalue weighted by Gasteiger charge is -2.34. The minimum absolute atomic E-state index is 0.188. The first-order valence-corrected chi connectivity index (χ1v) is 9.36. The fourth-order valence-electron chi connectivity index (χ4n) is 3.22. The number of rotatable bonds is 6. The second kappa shape index (κ2) is 8.86. The van der Waals surface area contributed by atoms with Crippen LogP contribution in [-0.4, -0.2) is 48.5 Å². The van der Waals surface area contributed by atoms with Crippen LogP contribution in [0.25, 0.3) is 0 Å². The zero-order valence-electron chi connectivity index (χ0n) is 15.8. The van der Waals surface area contributed by atoms with Gasteiger partial charge in [0.1, 0.15) is 5.75 Å². The number of nitrogens with zero attached hydrogens (tertiary/aromatic N) is 2. The van der Waals surface area contributed by atoms with Crippen molar-refractivity contribution in [3.63, 3.8) is 0 Å². The lowest BCUT2D eigenvalue weighted by Crippen LogP contribution is -2.48. The Kier molecular flexibility index (Phi) is 6.29. The summed E-state index contributed by atoms with van der Waals surface area (Å²) in [7, 11) is 0. The van der Waals surface area contributed by atoms with Gasteiger partial charge < -0.3 is 9.64 Å². The van der Waals surface area contributed by atoms with Crippen molar-refractivity contribution in [3.05, 3.63) is 65.2 Å². The molecule has 1 saturated heterocycles. The van der Waals surface area contributed by atoms with E-state index in [0.29, 0.717) is 13.0 Å². The van der Waals surface area contributed by atoms with Gasteiger partial charge >= 0.3 is 0 Å². The highest BCUT2D eigenvalue weighted by molar-refractivity contribution is 5.76. The molecule has 138 valence electrons. The summed E-state index contributed by atoms with van der Waals surface area (Å²) >= 11 is 0. The van der Waals surface area contributed by atoms with Gasteiger partial charge in [0.05, 0.1) is 13.0 Å². The van der Waals surface area contributed by atoms with Gasteiger partial charge in [-0.1, -0.05) is 36.4 Å². The number of piperazine rings is 1. The summed E-state index contributed by atoms with van der Waals surface area (Å²) in [4.78, 5) is 16.8. The van der Waals surface area contributed by atoms with Crippen LogP contribution >= 0.6 is 0 Å². The molecule has 26 heavy (non-hydrogen) atoms. The maximum absolute atomic E-state index is 12.4. The summed E-state index contributed by atoms with van der Waals surface area (Å²) in [6, 6.07) is 16.6. The Morgan fingerprint density at radius 3 is 2.38 bits per heavy atom. The smallest absolute Gasteiger partial charge is 0.226 e. The van der Waals surface area contributed by atoms with Crippen molar-refractivity contribution >= 4 is 5.91 Å². The number of amides is 1. The molecule has 0 saturated carbocycles. The highest BCUT2D eigenvalue weighted by Crippen LogP contribution is 2.17. The van der Waals surface area contributed by atoms with Crippen molar-refractivity contribution in [3.8, 4) is 5.75 Å². The topological polar surface area (TPSA) is 32.8 Å². The molecule has 0 radical (unpaired) electrons. The molecule has 1 amide bonds.